The zero-order chi connectivity index (χ0) is 15.5. The van der Waals surface area contributed by atoms with E-state index >= 15 is 0 Å². The predicted molar refractivity (Wildman–Crippen MR) is 64.9 cm³/mol. The summed E-state index contributed by atoms with van der Waals surface area (Å²) in [6.45, 7) is 1.42. The van der Waals surface area contributed by atoms with Gasteiger partial charge in [0.05, 0.1) is 23.2 Å². The zero-order valence-electron chi connectivity index (χ0n) is 10.4. The van der Waals surface area contributed by atoms with Crippen molar-refractivity contribution in [1.29, 1.82) is 0 Å². The third kappa shape index (κ3) is 3.83. The van der Waals surface area contributed by atoms with Gasteiger partial charge in [0.1, 0.15) is 0 Å². The summed E-state index contributed by atoms with van der Waals surface area (Å²) in [6, 6.07) is 1.15. The van der Waals surface area contributed by atoms with E-state index in [2.05, 4.69) is 4.74 Å². The molecule has 2 N–H and O–H groups in total. The standard InChI is InChI=1S/C12H12ClF4NO2/c1-2-20-11(19)9(14)10(18)6-3-4-8(13)7(5-6)12(15,16)17/h3-5,9-10H,2,18H2,1H3/t9?,10-/m0/s1. The number of halogens is 5. The Labute approximate surface area is 117 Å². The lowest BCUT2D eigenvalue weighted by Crippen LogP contribution is -2.31. The molecule has 0 spiro atoms. The van der Waals surface area contributed by atoms with E-state index in [1.165, 1.54) is 6.92 Å². The maximum absolute atomic E-state index is 13.7. The molecule has 0 aromatic heterocycles. The van der Waals surface area contributed by atoms with Gasteiger partial charge in [0.2, 0.25) is 6.17 Å². The molecule has 1 aromatic carbocycles. The summed E-state index contributed by atoms with van der Waals surface area (Å²) in [4.78, 5) is 11.2. The van der Waals surface area contributed by atoms with E-state index in [0.717, 1.165) is 12.1 Å². The van der Waals surface area contributed by atoms with Crippen molar-refractivity contribution < 1.29 is 27.1 Å². The molecule has 0 heterocycles. The number of nitrogens with two attached hydrogens (primary N) is 1. The number of rotatable bonds is 4. The Morgan fingerprint density at radius 2 is 2.05 bits per heavy atom. The SMILES string of the molecule is CCOC(=O)C(F)[C@@H](N)c1ccc(Cl)c(C(F)(F)F)c1. The van der Waals surface area contributed by atoms with Gasteiger partial charge in [0, 0.05) is 0 Å². The average Bonchev–Trinajstić information content (AvgIpc) is 2.36. The van der Waals surface area contributed by atoms with Gasteiger partial charge < -0.3 is 10.5 Å². The molecule has 0 saturated heterocycles. The molecule has 0 radical (unpaired) electrons. The maximum Gasteiger partial charge on any atom is 0.417 e. The zero-order valence-corrected chi connectivity index (χ0v) is 11.1. The second kappa shape index (κ2) is 6.41. The molecule has 0 aliphatic heterocycles. The third-order valence-electron chi connectivity index (χ3n) is 2.51. The van der Waals surface area contributed by atoms with Gasteiger partial charge in [-0.2, -0.15) is 13.2 Å². The highest BCUT2D eigenvalue weighted by Crippen LogP contribution is 2.36. The van der Waals surface area contributed by atoms with Crippen LogP contribution in [0.2, 0.25) is 5.02 Å². The van der Waals surface area contributed by atoms with Crippen molar-refractivity contribution in [2.24, 2.45) is 5.73 Å². The largest absolute Gasteiger partial charge is 0.464 e. The maximum atomic E-state index is 13.7. The molecule has 8 heteroatoms. The van der Waals surface area contributed by atoms with E-state index in [1.807, 2.05) is 0 Å². The Morgan fingerprint density at radius 1 is 1.45 bits per heavy atom. The quantitative estimate of drug-likeness (QED) is 0.685. The van der Waals surface area contributed by atoms with E-state index in [4.69, 9.17) is 17.3 Å². The van der Waals surface area contributed by atoms with Gasteiger partial charge in [-0.05, 0) is 24.6 Å². The van der Waals surface area contributed by atoms with Crippen LogP contribution in [0.15, 0.2) is 18.2 Å². The normalized spacial score (nSPS) is 14.8. The predicted octanol–water partition coefficient (Wildman–Crippen LogP) is 3.26. The number of ether oxygens (including phenoxy) is 1. The lowest BCUT2D eigenvalue weighted by Gasteiger charge is -2.18. The van der Waals surface area contributed by atoms with Crippen LogP contribution in [-0.2, 0) is 15.7 Å². The number of hydrogen-bond acceptors (Lipinski definition) is 3. The first-order valence-corrected chi connectivity index (χ1v) is 5.99. The molecule has 112 valence electrons. The highest BCUT2D eigenvalue weighted by Gasteiger charge is 2.35. The minimum atomic E-state index is -4.69. The van der Waals surface area contributed by atoms with Gasteiger partial charge in [-0.25, -0.2) is 9.18 Å². The summed E-state index contributed by atoms with van der Waals surface area (Å²) in [7, 11) is 0. The van der Waals surface area contributed by atoms with Gasteiger partial charge in [-0.1, -0.05) is 17.7 Å². The molecule has 0 saturated carbocycles. The molecule has 0 bridgehead atoms. The minimum absolute atomic E-state index is 0.0552. The van der Waals surface area contributed by atoms with Crippen LogP contribution in [-0.4, -0.2) is 18.7 Å². The summed E-state index contributed by atoms with van der Waals surface area (Å²) in [5.74, 6) is -1.22. The molecule has 0 fully saturated rings. The smallest absolute Gasteiger partial charge is 0.417 e. The van der Waals surface area contributed by atoms with Crippen molar-refractivity contribution >= 4 is 17.6 Å². The molecule has 1 unspecified atom stereocenters. The van der Waals surface area contributed by atoms with Crippen LogP contribution in [0.5, 0.6) is 0 Å². The summed E-state index contributed by atoms with van der Waals surface area (Å²) >= 11 is 5.43. The number of alkyl halides is 4. The van der Waals surface area contributed by atoms with Gasteiger partial charge in [0.15, 0.2) is 0 Å². The number of esters is 1. The Balaban J connectivity index is 3.05. The lowest BCUT2D eigenvalue weighted by atomic mass is 10.0. The highest BCUT2D eigenvalue weighted by atomic mass is 35.5. The summed E-state index contributed by atoms with van der Waals surface area (Å²) in [5.41, 5.74) is 4.12. The molecular formula is C12H12ClF4NO2. The first kappa shape index (κ1) is 16.7. The molecule has 20 heavy (non-hydrogen) atoms. The van der Waals surface area contributed by atoms with Crippen molar-refractivity contribution in [3.8, 4) is 0 Å². The van der Waals surface area contributed by atoms with Gasteiger partial charge in [-0.3, -0.25) is 0 Å². The van der Waals surface area contributed by atoms with E-state index in [-0.39, 0.29) is 12.2 Å². The fourth-order valence-electron chi connectivity index (χ4n) is 1.50. The summed E-state index contributed by atoms with van der Waals surface area (Å²) in [5, 5.41) is -0.528. The monoisotopic (exact) mass is 313 g/mol. The van der Waals surface area contributed by atoms with Crippen molar-refractivity contribution in [2.75, 3.05) is 6.61 Å². The van der Waals surface area contributed by atoms with Crippen LogP contribution >= 0.6 is 11.6 Å². The molecule has 0 aliphatic carbocycles. The average molecular weight is 314 g/mol. The molecule has 1 rings (SSSR count). The second-order valence-corrected chi connectivity index (χ2v) is 4.32. The Morgan fingerprint density at radius 3 is 2.55 bits per heavy atom. The van der Waals surface area contributed by atoms with Gasteiger partial charge in [0.25, 0.3) is 0 Å². The molecule has 0 aliphatic rings. The van der Waals surface area contributed by atoms with E-state index in [0.29, 0.717) is 6.07 Å². The van der Waals surface area contributed by atoms with Crippen LogP contribution in [0.3, 0.4) is 0 Å². The summed E-state index contributed by atoms with van der Waals surface area (Å²) in [6.07, 6.45) is -6.94. The number of benzene rings is 1. The van der Waals surface area contributed by atoms with Crippen LogP contribution in [0, 0.1) is 0 Å². The summed E-state index contributed by atoms with van der Waals surface area (Å²) < 4.78 is 56.1. The van der Waals surface area contributed by atoms with E-state index in [1.54, 1.807) is 0 Å². The van der Waals surface area contributed by atoms with Crippen LogP contribution in [0.1, 0.15) is 24.1 Å². The van der Waals surface area contributed by atoms with Crippen LogP contribution in [0.4, 0.5) is 17.6 Å². The fourth-order valence-corrected chi connectivity index (χ4v) is 1.73. The molecule has 1 aromatic rings. The third-order valence-corrected chi connectivity index (χ3v) is 2.84. The number of carbonyl (C=O) groups is 1. The van der Waals surface area contributed by atoms with Crippen molar-refractivity contribution in [3.63, 3.8) is 0 Å². The van der Waals surface area contributed by atoms with Crippen molar-refractivity contribution in [3.05, 3.63) is 34.3 Å². The molecule has 3 nitrogen and oxygen atoms in total. The van der Waals surface area contributed by atoms with Crippen molar-refractivity contribution in [1.82, 2.24) is 0 Å². The Bertz CT molecular complexity index is 493. The molecule has 0 amide bonds. The first-order valence-electron chi connectivity index (χ1n) is 5.61. The fraction of sp³-hybridized carbons (Fsp3) is 0.417. The van der Waals surface area contributed by atoms with E-state index in [9.17, 15) is 22.4 Å². The Kier molecular flexibility index (Phi) is 5.35. The van der Waals surface area contributed by atoms with Crippen molar-refractivity contribution in [2.45, 2.75) is 25.3 Å². The topological polar surface area (TPSA) is 52.3 Å². The minimum Gasteiger partial charge on any atom is -0.464 e. The second-order valence-electron chi connectivity index (χ2n) is 3.92. The number of hydrogen-bond donors (Lipinski definition) is 1. The molecular weight excluding hydrogens is 302 g/mol. The highest BCUT2D eigenvalue weighted by molar-refractivity contribution is 6.31. The van der Waals surface area contributed by atoms with Gasteiger partial charge >= 0.3 is 12.1 Å². The van der Waals surface area contributed by atoms with Crippen LogP contribution < -0.4 is 5.73 Å². The van der Waals surface area contributed by atoms with E-state index < -0.39 is 34.9 Å². The Hall–Kier alpha value is -1.34. The molecule has 2 atom stereocenters. The lowest BCUT2D eigenvalue weighted by molar-refractivity contribution is -0.149. The van der Waals surface area contributed by atoms with Gasteiger partial charge in [-0.15, -0.1) is 0 Å². The van der Waals surface area contributed by atoms with Crippen LogP contribution in [0.25, 0.3) is 0 Å². The number of carbonyl (C=O) groups excluding carboxylic acids is 1. The first-order chi connectivity index (χ1) is 9.18.